The molecule has 7 heteroatoms. The Labute approximate surface area is 197 Å². The van der Waals surface area contributed by atoms with Gasteiger partial charge in [0.2, 0.25) is 0 Å². The zero-order valence-electron chi connectivity index (χ0n) is 18.2. The Morgan fingerprint density at radius 2 is 1.53 bits per heavy atom. The number of carbonyl (C=O) groups is 2. The van der Waals surface area contributed by atoms with Crippen LogP contribution in [0, 0.1) is 27.7 Å². The van der Waals surface area contributed by atoms with E-state index in [9.17, 15) is 9.59 Å². The highest BCUT2D eigenvalue weighted by atomic mass is 35.5. The number of amides is 2. The number of hydrogen-bond donors (Lipinski definition) is 1. The first kappa shape index (κ1) is 22.0. The van der Waals surface area contributed by atoms with E-state index in [0.717, 1.165) is 22.6 Å². The summed E-state index contributed by atoms with van der Waals surface area (Å²) < 4.78 is 2.12. The predicted molar refractivity (Wildman–Crippen MR) is 132 cm³/mol. The van der Waals surface area contributed by atoms with Crippen molar-refractivity contribution < 1.29 is 9.59 Å². The normalized spacial score (nSPS) is 15.5. The molecule has 0 bridgehead atoms. The van der Waals surface area contributed by atoms with E-state index in [-0.39, 0.29) is 10.7 Å². The van der Waals surface area contributed by atoms with Gasteiger partial charge in [-0.15, -0.1) is 0 Å². The average Bonchev–Trinajstić information content (AvgIpc) is 2.98. The minimum atomic E-state index is -0.513. The van der Waals surface area contributed by atoms with Crippen molar-refractivity contribution >= 4 is 52.5 Å². The quantitative estimate of drug-likeness (QED) is 0.330. The van der Waals surface area contributed by atoms with Crippen LogP contribution in [0.1, 0.15) is 28.1 Å². The molecule has 0 saturated carbocycles. The van der Waals surface area contributed by atoms with E-state index in [1.807, 2.05) is 19.9 Å². The van der Waals surface area contributed by atoms with Crippen LogP contribution in [0.2, 0.25) is 5.02 Å². The Balaban J connectivity index is 1.77. The number of halogens is 1. The number of aromatic nitrogens is 1. The maximum absolute atomic E-state index is 13.3. The Bertz CT molecular complexity index is 1290. The Morgan fingerprint density at radius 1 is 0.906 bits per heavy atom. The van der Waals surface area contributed by atoms with Gasteiger partial charge in [-0.3, -0.25) is 19.8 Å². The molecule has 1 saturated heterocycles. The molecular formula is C25H22ClN3O2S. The molecule has 2 aromatic carbocycles. The molecule has 1 fully saturated rings. The van der Waals surface area contributed by atoms with Crippen molar-refractivity contribution in [3.8, 4) is 5.69 Å². The van der Waals surface area contributed by atoms with Crippen molar-refractivity contribution in [3.05, 3.63) is 87.2 Å². The lowest BCUT2D eigenvalue weighted by Gasteiger charge is -2.28. The van der Waals surface area contributed by atoms with E-state index in [4.69, 9.17) is 23.8 Å². The standard InChI is InChI=1S/C25H22ClN3O2S/c1-14-9-15(2)11-21(10-14)28-16(3)12-18(17(28)4)13-22-23(30)27-25(32)29(24(22)31)20-7-5-19(26)6-8-20/h5-13H,1-4H3,(H,27,30,32). The minimum Gasteiger partial charge on any atom is -0.318 e. The summed E-state index contributed by atoms with van der Waals surface area (Å²) >= 11 is 11.2. The minimum absolute atomic E-state index is 0.0224. The van der Waals surface area contributed by atoms with Gasteiger partial charge in [-0.1, -0.05) is 17.7 Å². The average molecular weight is 464 g/mol. The van der Waals surface area contributed by atoms with E-state index >= 15 is 0 Å². The Morgan fingerprint density at radius 3 is 2.16 bits per heavy atom. The first-order chi connectivity index (χ1) is 15.2. The molecule has 2 amide bonds. The maximum atomic E-state index is 13.3. The van der Waals surface area contributed by atoms with Gasteiger partial charge in [-0.05, 0) is 105 Å². The number of nitrogens with one attached hydrogen (secondary N) is 1. The van der Waals surface area contributed by atoms with Gasteiger partial charge in [0.05, 0.1) is 5.69 Å². The molecule has 1 N–H and O–H groups in total. The lowest BCUT2D eigenvalue weighted by Crippen LogP contribution is -2.54. The summed E-state index contributed by atoms with van der Waals surface area (Å²) in [5, 5.41) is 3.21. The smallest absolute Gasteiger partial charge is 0.270 e. The topological polar surface area (TPSA) is 54.3 Å². The first-order valence-electron chi connectivity index (χ1n) is 10.1. The van der Waals surface area contributed by atoms with Crippen LogP contribution < -0.4 is 10.2 Å². The fourth-order valence-electron chi connectivity index (χ4n) is 4.05. The van der Waals surface area contributed by atoms with Crippen LogP contribution in [0.5, 0.6) is 0 Å². The third-order valence-corrected chi connectivity index (χ3v) is 5.96. The zero-order chi connectivity index (χ0) is 23.2. The third-order valence-electron chi connectivity index (χ3n) is 5.42. The molecule has 32 heavy (non-hydrogen) atoms. The summed E-state index contributed by atoms with van der Waals surface area (Å²) in [4.78, 5) is 27.2. The van der Waals surface area contributed by atoms with Gasteiger partial charge in [-0.25, -0.2) is 0 Å². The van der Waals surface area contributed by atoms with Crippen LogP contribution in [-0.4, -0.2) is 21.5 Å². The highest BCUT2D eigenvalue weighted by Gasteiger charge is 2.34. The number of carbonyl (C=O) groups excluding carboxylic acids is 2. The molecule has 0 atom stereocenters. The number of thiocarbonyl (C=S) groups is 1. The zero-order valence-corrected chi connectivity index (χ0v) is 19.8. The molecule has 0 radical (unpaired) electrons. The van der Waals surface area contributed by atoms with Gasteiger partial charge in [0.25, 0.3) is 11.8 Å². The van der Waals surface area contributed by atoms with E-state index < -0.39 is 11.8 Å². The Hall–Kier alpha value is -3.22. The summed E-state index contributed by atoms with van der Waals surface area (Å²) in [7, 11) is 0. The largest absolute Gasteiger partial charge is 0.318 e. The van der Waals surface area contributed by atoms with Gasteiger partial charge in [0.1, 0.15) is 5.57 Å². The number of rotatable bonds is 3. The van der Waals surface area contributed by atoms with Gasteiger partial charge >= 0.3 is 0 Å². The van der Waals surface area contributed by atoms with Crippen molar-refractivity contribution in [1.29, 1.82) is 0 Å². The van der Waals surface area contributed by atoms with Crippen LogP contribution in [0.25, 0.3) is 11.8 Å². The molecule has 162 valence electrons. The van der Waals surface area contributed by atoms with E-state index in [0.29, 0.717) is 10.7 Å². The molecular weight excluding hydrogens is 442 g/mol. The lowest BCUT2D eigenvalue weighted by molar-refractivity contribution is -0.122. The fraction of sp³-hybridized carbons (Fsp3) is 0.160. The van der Waals surface area contributed by atoms with Crippen molar-refractivity contribution in [1.82, 2.24) is 9.88 Å². The van der Waals surface area contributed by atoms with Crippen LogP contribution in [-0.2, 0) is 9.59 Å². The van der Waals surface area contributed by atoms with Crippen LogP contribution in [0.3, 0.4) is 0 Å². The van der Waals surface area contributed by atoms with Crippen molar-refractivity contribution in [2.45, 2.75) is 27.7 Å². The highest BCUT2D eigenvalue weighted by molar-refractivity contribution is 7.80. The highest BCUT2D eigenvalue weighted by Crippen LogP contribution is 2.27. The van der Waals surface area contributed by atoms with Gasteiger partial charge in [0.15, 0.2) is 5.11 Å². The van der Waals surface area contributed by atoms with Crippen molar-refractivity contribution in [3.63, 3.8) is 0 Å². The summed E-state index contributed by atoms with van der Waals surface area (Å²) in [6, 6.07) is 15.0. The third kappa shape index (κ3) is 3.99. The molecule has 1 aliphatic heterocycles. The van der Waals surface area contributed by atoms with E-state index in [1.165, 1.54) is 16.0 Å². The molecule has 1 aliphatic rings. The fourth-order valence-corrected chi connectivity index (χ4v) is 4.46. The van der Waals surface area contributed by atoms with Gasteiger partial charge in [0, 0.05) is 22.1 Å². The second-order valence-corrected chi connectivity index (χ2v) is 8.77. The number of aryl methyl sites for hydroxylation is 3. The summed E-state index contributed by atoms with van der Waals surface area (Å²) in [6.07, 6.45) is 1.63. The summed E-state index contributed by atoms with van der Waals surface area (Å²) in [5.74, 6) is -0.987. The summed E-state index contributed by atoms with van der Waals surface area (Å²) in [6.45, 7) is 8.11. The van der Waals surface area contributed by atoms with Crippen LogP contribution in [0.15, 0.2) is 54.1 Å². The second-order valence-electron chi connectivity index (χ2n) is 7.94. The molecule has 2 heterocycles. The molecule has 0 spiro atoms. The second kappa shape index (κ2) is 8.37. The monoisotopic (exact) mass is 463 g/mol. The van der Waals surface area contributed by atoms with Crippen LogP contribution >= 0.6 is 23.8 Å². The maximum Gasteiger partial charge on any atom is 0.270 e. The molecule has 5 nitrogen and oxygen atoms in total. The predicted octanol–water partition coefficient (Wildman–Crippen LogP) is 5.20. The molecule has 0 unspecified atom stereocenters. The van der Waals surface area contributed by atoms with Gasteiger partial charge in [-0.2, -0.15) is 0 Å². The van der Waals surface area contributed by atoms with Crippen molar-refractivity contribution in [2.24, 2.45) is 0 Å². The number of nitrogens with zero attached hydrogens (tertiary/aromatic N) is 2. The number of anilines is 1. The molecule has 4 rings (SSSR count). The van der Waals surface area contributed by atoms with Crippen LogP contribution in [0.4, 0.5) is 5.69 Å². The lowest BCUT2D eigenvalue weighted by atomic mass is 10.1. The first-order valence-corrected chi connectivity index (χ1v) is 10.9. The van der Waals surface area contributed by atoms with E-state index in [2.05, 4.69) is 41.9 Å². The molecule has 3 aromatic rings. The Kier molecular flexibility index (Phi) is 5.75. The van der Waals surface area contributed by atoms with E-state index in [1.54, 1.807) is 30.3 Å². The van der Waals surface area contributed by atoms with Gasteiger partial charge < -0.3 is 4.57 Å². The molecule has 1 aromatic heterocycles. The SMILES string of the molecule is Cc1cc(C)cc(-n2c(C)cc(C=C3C(=O)NC(=S)N(c4ccc(Cl)cc4)C3=O)c2C)c1. The number of hydrogen-bond acceptors (Lipinski definition) is 3. The number of benzene rings is 2. The van der Waals surface area contributed by atoms with Crippen molar-refractivity contribution in [2.75, 3.05) is 4.90 Å². The molecule has 0 aliphatic carbocycles. The summed E-state index contributed by atoms with van der Waals surface area (Å²) in [5.41, 5.74) is 6.68.